The normalized spacial score (nSPS) is 15.8. The molecule has 0 saturated carbocycles. The van der Waals surface area contributed by atoms with Gasteiger partial charge in [0.2, 0.25) is 5.95 Å². The molecule has 0 aliphatic carbocycles. The van der Waals surface area contributed by atoms with E-state index in [0.29, 0.717) is 11.3 Å². The molecule has 92 valence electrons. The molecule has 0 unspecified atom stereocenters. The first kappa shape index (κ1) is 11.8. The fourth-order valence-corrected chi connectivity index (χ4v) is 1.83. The summed E-state index contributed by atoms with van der Waals surface area (Å²) in [5.41, 5.74) is 0.773. The molecule has 2 rings (SSSR count). The van der Waals surface area contributed by atoms with Crippen LogP contribution < -0.4 is 15.5 Å². The van der Waals surface area contributed by atoms with Crippen LogP contribution in [-0.2, 0) is 0 Å². The van der Waals surface area contributed by atoms with Crippen LogP contribution in [0.2, 0.25) is 0 Å². The van der Waals surface area contributed by atoms with Gasteiger partial charge in [0.15, 0.2) is 0 Å². The zero-order chi connectivity index (χ0) is 12.3. The predicted molar refractivity (Wildman–Crippen MR) is 62.7 cm³/mol. The number of pyridine rings is 1. The van der Waals surface area contributed by atoms with E-state index in [1.165, 1.54) is 13.2 Å². The van der Waals surface area contributed by atoms with E-state index in [1.807, 2.05) is 4.90 Å². The van der Waals surface area contributed by atoms with Gasteiger partial charge in [-0.1, -0.05) is 0 Å². The third kappa shape index (κ3) is 2.52. The number of carbonyl (C=O) groups is 1. The number of halogens is 1. The van der Waals surface area contributed by atoms with Gasteiger partial charge in [0.05, 0.1) is 11.3 Å². The van der Waals surface area contributed by atoms with E-state index in [-0.39, 0.29) is 5.91 Å². The standard InChI is InChI=1S/C11H15FN4O/c1-13-11(17)8-6-9(10(12)15-7-8)16-4-2-14-3-5-16/h6-7,14H,2-5H2,1H3,(H,13,17). The van der Waals surface area contributed by atoms with E-state index in [0.717, 1.165) is 26.2 Å². The second kappa shape index (κ2) is 5.09. The lowest BCUT2D eigenvalue weighted by atomic mass is 10.2. The van der Waals surface area contributed by atoms with Crippen molar-refractivity contribution in [3.63, 3.8) is 0 Å². The highest BCUT2D eigenvalue weighted by Crippen LogP contribution is 2.19. The van der Waals surface area contributed by atoms with Crippen LogP contribution in [0.4, 0.5) is 10.1 Å². The highest BCUT2D eigenvalue weighted by atomic mass is 19.1. The fourth-order valence-electron chi connectivity index (χ4n) is 1.83. The molecule has 1 aromatic heterocycles. The van der Waals surface area contributed by atoms with Crippen molar-refractivity contribution in [3.8, 4) is 0 Å². The summed E-state index contributed by atoms with van der Waals surface area (Å²) in [4.78, 5) is 17.0. The zero-order valence-electron chi connectivity index (χ0n) is 9.66. The molecule has 0 radical (unpaired) electrons. The van der Waals surface area contributed by atoms with Crippen LogP contribution in [0.1, 0.15) is 10.4 Å². The Balaban J connectivity index is 2.28. The van der Waals surface area contributed by atoms with E-state index >= 15 is 0 Å². The van der Waals surface area contributed by atoms with Crippen LogP contribution in [0.5, 0.6) is 0 Å². The smallest absolute Gasteiger partial charge is 0.252 e. The van der Waals surface area contributed by atoms with Gasteiger partial charge >= 0.3 is 0 Å². The Morgan fingerprint density at radius 1 is 1.53 bits per heavy atom. The van der Waals surface area contributed by atoms with Gasteiger partial charge in [0.1, 0.15) is 0 Å². The quantitative estimate of drug-likeness (QED) is 0.712. The van der Waals surface area contributed by atoms with Crippen molar-refractivity contribution in [3.05, 3.63) is 23.8 Å². The molecule has 0 bridgehead atoms. The molecule has 1 aliphatic rings. The highest BCUT2D eigenvalue weighted by molar-refractivity contribution is 5.94. The van der Waals surface area contributed by atoms with Crippen LogP contribution in [-0.4, -0.2) is 44.1 Å². The van der Waals surface area contributed by atoms with Crippen LogP contribution in [0.25, 0.3) is 0 Å². The maximum absolute atomic E-state index is 13.6. The monoisotopic (exact) mass is 238 g/mol. The molecule has 0 atom stereocenters. The second-order valence-corrected chi connectivity index (χ2v) is 3.85. The highest BCUT2D eigenvalue weighted by Gasteiger charge is 2.17. The van der Waals surface area contributed by atoms with Crippen molar-refractivity contribution in [1.82, 2.24) is 15.6 Å². The summed E-state index contributed by atoms with van der Waals surface area (Å²) in [5.74, 6) is -0.784. The lowest BCUT2D eigenvalue weighted by Crippen LogP contribution is -2.44. The van der Waals surface area contributed by atoms with E-state index in [2.05, 4.69) is 15.6 Å². The van der Waals surface area contributed by atoms with Crippen molar-refractivity contribution in [2.45, 2.75) is 0 Å². The van der Waals surface area contributed by atoms with E-state index in [1.54, 1.807) is 6.07 Å². The molecule has 1 saturated heterocycles. The van der Waals surface area contributed by atoms with Gasteiger partial charge in [-0.05, 0) is 6.07 Å². The number of amides is 1. The van der Waals surface area contributed by atoms with E-state index in [4.69, 9.17) is 0 Å². The van der Waals surface area contributed by atoms with Gasteiger partial charge in [0, 0.05) is 39.4 Å². The molecule has 0 aromatic carbocycles. The summed E-state index contributed by atoms with van der Waals surface area (Å²) >= 11 is 0. The van der Waals surface area contributed by atoms with Crippen LogP contribution >= 0.6 is 0 Å². The van der Waals surface area contributed by atoms with Gasteiger partial charge in [-0.3, -0.25) is 4.79 Å². The molecule has 1 amide bonds. The minimum absolute atomic E-state index is 0.256. The average Bonchev–Trinajstić information content (AvgIpc) is 2.39. The van der Waals surface area contributed by atoms with Crippen LogP contribution in [0.3, 0.4) is 0 Å². The van der Waals surface area contributed by atoms with Crippen LogP contribution in [0, 0.1) is 5.95 Å². The topological polar surface area (TPSA) is 57.3 Å². The SMILES string of the molecule is CNC(=O)c1cnc(F)c(N2CCNCC2)c1. The van der Waals surface area contributed by atoms with Gasteiger partial charge in [0.25, 0.3) is 5.91 Å². The number of rotatable bonds is 2. The second-order valence-electron chi connectivity index (χ2n) is 3.85. The Kier molecular flexibility index (Phi) is 3.53. The number of piperazine rings is 1. The summed E-state index contributed by atoms with van der Waals surface area (Å²) < 4.78 is 13.6. The molecular weight excluding hydrogens is 223 g/mol. The molecule has 1 fully saturated rings. The predicted octanol–water partition coefficient (Wildman–Crippen LogP) is -0.0101. The van der Waals surface area contributed by atoms with Gasteiger partial charge in [-0.15, -0.1) is 0 Å². The first-order valence-electron chi connectivity index (χ1n) is 5.55. The number of hydrogen-bond acceptors (Lipinski definition) is 4. The molecule has 6 heteroatoms. The first-order chi connectivity index (χ1) is 8.22. The molecular formula is C11H15FN4O. The maximum Gasteiger partial charge on any atom is 0.252 e. The van der Waals surface area contributed by atoms with Gasteiger partial charge in [-0.2, -0.15) is 4.39 Å². The van der Waals surface area contributed by atoms with Crippen LogP contribution in [0.15, 0.2) is 12.3 Å². The lowest BCUT2D eigenvalue weighted by molar-refractivity contribution is 0.0962. The summed E-state index contributed by atoms with van der Waals surface area (Å²) in [5, 5.41) is 5.69. The average molecular weight is 238 g/mol. The van der Waals surface area contributed by atoms with Crippen molar-refractivity contribution in [2.24, 2.45) is 0 Å². The van der Waals surface area contributed by atoms with E-state index < -0.39 is 5.95 Å². The maximum atomic E-state index is 13.6. The molecule has 1 aliphatic heterocycles. The van der Waals surface area contributed by atoms with Gasteiger partial charge < -0.3 is 15.5 Å². The molecule has 5 nitrogen and oxygen atoms in total. The number of anilines is 1. The Bertz CT molecular complexity index is 418. The molecule has 2 N–H and O–H groups in total. The Labute approximate surface area is 99.0 Å². The molecule has 2 heterocycles. The number of hydrogen-bond donors (Lipinski definition) is 2. The minimum atomic E-state index is -0.528. The van der Waals surface area contributed by atoms with Crippen molar-refractivity contribution in [1.29, 1.82) is 0 Å². The van der Waals surface area contributed by atoms with Crippen molar-refractivity contribution >= 4 is 11.6 Å². The number of nitrogens with one attached hydrogen (secondary N) is 2. The zero-order valence-corrected chi connectivity index (χ0v) is 9.66. The number of carbonyl (C=O) groups excluding carboxylic acids is 1. The Hall–Kier alpha value is -1.69. The van der Waals surface area contributed by atoms with Gasteiger partial charge in [-0.25, -0.2) is 4.98 Å². The molecule has 1 aromatic rings. The first-order valence-corrected chi connectivity index (χ1v) is 5.55. The van der Waals surface area contributed by atoms with E-state index in [9.17, 15) is 9.18 Å². The summed E-state index contributed by atoms with van der Waals surface area (Å²) in [6.45, 7) is 3.05. The number of nitrogens with zero attached hydrogens (tertiary/aromatic N) is 2. The molecule has 0 spiro atoms. The third-order valence-electron chi connectivity index (χ3n) is 2.77. The summed E-state index contributed by atoms with van der Waals surface area (Å²) in [6, 6.07) is 1.55. The summed E-state index contributed by atoms with van der Waals surface area (Å²) in [7, 11) is 1.54. The van der Waals surface area contributed by atoms with Crippen molar-refractivity contribution < 1.29 is 9.18 Å². The number of aromatic nitrogens is 1. The fraction of sp³-hybridized carbons (Fsp3) is 0.455. The summed E-state index contributed by atoms with van der Waals surface area (Å²) in [6.07, 6.45) is 1.25. The lowest BCUT2D eigenvalue weighted by Gasteiger charge is -2.29. The Morgan fingerprint density at radius 3 is 2.88 bits per heavy atom. The largest absolute Gasteiger partial charge is 0.365 e. The Morgan fingerprint density at radius 2 is 2.24 bits per heavy atom. The minimum Gasteiger partial charge on any atom is -0.365 e. The third-order valence-corrected chi connectivity index (χ3v) is 2.77. The molecule has 17 heavy (non-hydrogen) atoms. The van der Waals surface area contributed by atoms with Crippen molar-refractivity contribution in [2.75, 3.05) is 38.1 Å².